The maximum Gasteiger partial charge on any atom is 0.0184 e. The van der Waals surface area contributed by atoms with Crippen LogP contribution in [0.25, 0.3) is 0 Å². The fraction of sp³-hybridized carbons (Fsp3) is 1.00. The van der Waals surface area contributed by atoms with Crippen LogP contribution in [-0.2, 0) is 0 Å². The van der Waals surface area contributed by atoms with E-state index in [1.807, 2.05) is 0 Å². The Morgan fingerprint density at radius 3 is 1.30 bits per heavy atom. The molecule has 0 bridgehead atoms. The molecule has 0 rings (SSSR count). The van der Waals surface area contributed by atoms with Crippen molar-refractivity contribution in [2.45, 2.75) is 32.7 Å². The fourth-order valence-corrected chi connectivity index (χ4v) is 38.0. The van der Waals surface area contributed by atoms with Gasteiger partial charge in [0.05, 0.1) is 0 Å². The minimum atomic E-state index is 0.164. The molecule has 0 saturated heterocycles. The smallest absolute Gasteiger partial charge is 0.0184 e. The third-order valence-corrected chi connectivity index (χ3v) is 39.4. The van der Waals surface area contributed by atoms with Gasteiger partial charge in [-0.05, 0) is 0 Å². The minimum absolute atomic E-state index is 0.164. The molecule has 0 aliphatic heterocycles. The Hall–Kier alpha value is 1.08. The number of hydrogen-bond acceptors (Lipinski definition) is 0. The summed E-state index contributed by atoms with van der Waals surface area (Å²) in [6.45, 7) is 12.5. The molecule has 0 saturated carbocycles. The molecule has 0 nitrogen and oxygen atoms in total. The van der Waals surface area contributed by atoms with E-state index in [4.69, 9.17) is 0 Å². The van der Waals surface area contributed by atoms with Gasteiger partial charge in [0.15, 0.2) is 0 Å². The van der Waals surface area contributed by atoms with Crippen molar-refractivity contribution in [2.24, 2.45) is 0 Å². The van der Waals surface area contributed by atoms with Crippen molar-refractivity contribution in [1.29, 1.82) is 0 Å². The second-order valence-corrected chi connectivity index (χ2v) is 28.1. The lowest BCUT2D eigenvalue weighted by molar-refractivity contribution is 2.16. The van der Waals surface area contributed by atoms with E-state index in [1.54, 1.807) is 0 Å². The Morgan fingerprint density at radius 1 is 0.800 bits per heavy atom. The molecule has 0 fully saturated rings. The van der Waals surface area contributed by atoms with Gasteiger partial charge in [-0.3, -0.25) is 0 Å². The molecule has 0 aliphatic rings. The van der Waals surface area contributed by atoms with E-state index >= 15 is 0 Å². The van der Waals surface area contributed by atoms with E-state index in [9.17, 15) is 0 Å². The van der Waals surface area contributed by atoms with Crippen LogP contribution >= 0.6 is 0 Å². The molecule has 10 heavy (non-hydrogen) atoms. The van der Waals surface area contributed by atoms with E-state index in [0.717, 1.165) is 0 Å². The van der Waals surface area contributed by atoms with Crippen LogP contribution in [0.1, 0.15) is 0 Å². The highest BCUT2D eigenvalue weighted by Gasteiger charge is 2.20. The van der Waals surface area contributed by atoms with Crippen LogP contribution in [0.15, 0.2) is 0 Å². The zero-order valence-electron chi connectivity index (χ0n) is 7.50. The van der Waals surface area contributed by atoms with Crippen LogP contribution in [0.5, 0.6) is 0 Å². The van der Waals surface area contributed by atoms with Gasteiger partial charge in [-0.25, -0.2) is 0 Å². The molecule has 0 amide bonds. The minimum Gasteiger partial charge on any atom is -0.0759 e. The van der Waals surface area contributed by atoms with Crippen LogP contribution in [-0.4, -0.2) is 41.6 Å². The van der Waals surface area contributed by atoms with E-state index in [1.165, 1.54) is 18.1 Å². The summed E-state index contributed by atoms with van der Waals surface area (Å²) in [7, 11) is 3.08. The monoisotopic (exact) mass is 215 g/mol. The molecule has 7 radical (unpaired) electrons. The molecule has 0 spiro atoms. The maximum absolute atomic E-state index is 2.58. The molecule has 5 heteroatoms. The van der Waals surface area contributed by atoms with Crippen molar-refractivity contribution in [3.05, 3.63) is 0 Å². The maximum atomic E-state index is 2.58. The average Bonchev–Trinajstić information content (AvgIpc) is 2.00. The van der Waals surface area contributed by atoms with Crippen molar-refractivity contribution in [1.82, 2.24) is 0 Å². The first-order valence-electron chi connectivity index (χ1n) is 3.50. The lowest BCUT2D eigenvalue weighted by Gasteiger charge is -2.19. The standard InChI is InChI=1S/C5H15Si5/c1-6-8(3)10(5)9(4)7-2/h1-5H3. The second kappa shape index (κ2) is 5.70. The van der Waals surface area contributed by atoms with Crippen molar-refractivity contribution < 1.29 is 0 Å². The van der Waals surface area contributed by atoms with E-state index in [2.05, 4.69) is 32.7 Å². The predicted molar refractivity (Wildman–Crippen MR) is 58.1 cm³/mol. The zero-order chi connectivity index (χ0) is 8.15. The van der Waals surface area contributed by atoms with E-state index in [0.29, 0.717) is 0 Å². The highest BCUT2D eigenvalue weighted by Crippen LogP contribution is 1.94. The van der Waals surface area contributed by atoms with Crippen LogP contribution in [0.4, 0.5) is 0 Å². The molecule has 0 unspecified atom stereocenters. The highest BCUT2D eigenvalue weighted by atomic mass is 29.9. The zero-order valence-corrected chi connectivity index (χ0v) is 12.5. The first kappa shape index (κ1) is 11.1. The molecule has 0 N–H and O–H groups in total. The summed E-state index contributed by atoms with van der Waals surface area (Å²) in [5.41, 5.74) is 0. The Labute approximate surface area is 74.4 Å². The first-order valence-corrected chi connectivity index (χ1v) is 16.5. The molecule has 0 aromatic carbocycles. The van der Waals surface area contributed by atoms with Gasteiger partial charge in [-0.2, -0.15) is 0 Å². The summed E-state index contributed by atoms with van der Waals surface area (Å²) in [6, 6.07) is 0. The van der Waals surface area contributed by atoms with Crippen LogP contribution in [0.2, 0.25) is 32.7 Å². The van der Waals surface area contributed by atoms with Crippen molar-refractivity contribution in [2.75, 3.05) is 0 Å². The second-order valence-electron chi connectivity index (χ2n) is 2.38. The Kier molecular flexibility index (Phi) is 6.32. The van der Waals surface area contributed by atoms with Gasteiger partial charge >= 0.3 is 0 Å². The SMILES string of the molecule is C[Si][Si](C)[Si](C)[Si](C)[Si]C. The van der Waals surface area contributed by atoms with E-state index in [-0.39, 0.29) is 23.5 Å². The van der Waals surface area contributed by atoms with E-state index < -0.39 is 0 Å². The molecular formula is C5H15Si5. The fourth-order valence-electron chi connectivity index (χ4n) is 0.656. The summed E-state index contributed by atoms with van der Waals surface area (Å²) in [5.74, 6) is 0. The molecule has 0 aromatic rings. The van der Waals surface area contributed by atoms with Gasteiger partial charge in [-0.15, -0.1) is 0 Å². The molecule has 0 aliphatic carbocycles. The van der Waals surface area contributed by atoms with Crippen LogP contribution in [0.3, 0.4) is 0 Å². The molecular weight excluding hydrogens is 200 g/mol. The topological polar surface area (TPSA) is 0 Å². The third kappa shape index (κ3) is 3.47. The first-order chi connectivity index (χ1) is 4.63. The van der Waals surface area contributed by atoms with Gasteiger partial charge in [0.2, 0.25) is 0 Å². The van der Waals surface area contributed by atoms with Crippen LogP contribution in [0, 0.1) is 0 Å². The summed E-state index contributed by atoms with van der Waals surface area (Å²) in [5, 5.41) is 0. The average molecular weight is 216 g/mol. The van der Waals surface area contributed by atoms with Gasteiger partial charge < -0.3 is 0 Å². The number of rotatable bonds is 4. The Morgan fingerprint density at radius 2 is 1.10 bits per heavy atom. The summed E-state index contributed by atoms with van der Waals surface area (Å²) >= 11 is 0. The summed E-state index contributed by atoms with van der Waals surface area (Å²) in [6.07, 6.45) is 0. The number of hydrogen-bond donors (Lipinski definition) is 0. The van der Waals surface area contributed by atoms with Gasteiger partial charge in [0.1, 0.15) is 0 Å². The highest BCUT2D eigenvalue weighted by molar-refractivity contribution is 7.69. The summed E-state index contributed by atoms with van der Waals surface area (Å²) < 4.78 is 0. The van der Waals surface area contributed by atoms with Crippen molar-refractivity contribution >= 4 is 41.6 Å². The largest absolute Gasteiger partial charge is 0.0759 e. The Bertz CT molecular complexity index is 76.1. The third-order valence-electron chi connectivity index (χ3n) is 1.88. The molecule has 0 aromatic heterocycles. The van der Waals surface area contributed by atoms with Crippen LogP contribution < -0.4 is 0 Å². The molecule has 55 valence electrons. The normalized spacial score (nSPS) is 12.0. The van der Waals surface area contributed by atoms with Crippen molar-refractivity contribution in [3.8, 4) is 0 Å². The summed E-state index contributed by atoms with van der Waals surface area (Å²) in [4.78, 5) is 0. The predicted octanol–water partition coefficient (Wildman–Crippen LogP) is 1.01. The quantitative estimate of drug-likeness (QED) is 0.615. The lowest BCUT2D eigenvalue weighted by Crippen LogP contribution is -2.48. The van der Waals surface area contributed by atoms with Gasteiger partial charge in [-0.1, -0.05) is 32.7 Å². The lowest BCUT2D eigenvalue weighted by atomic mass is 11.9. The van der Waals surface area contributed by atoms with Crippen molar-refractivity contribution in [3.63, 3.8) is 0 Å². The molecule has 0 atom stereocenters. The molecule has 0 heterocycles. The van der Waals surface area contributed by atoms with Gasteiger partial charge in [0, 0.05) is 41.6 Å². The Balaban J connectivity index is 3.69. The van der Waals surface area contributed by atoms with Gasteiger partial charge in [0.25, 0.3) is 0 Å².